The van der Waals surface area contributed by atoms with Gasteiger partial charge < -0.3 is 5.73 Å². The molecule has 0 aromatic carbocycles. The summed E-state index contributed by atoms with van der Waals surface area (Å²) in [5.74, 6) is 0.889. The highest BCUT2D eigenvalue weighted by atomic mass is 32.2. The molecule has 0 aliphatic heterocycles. The van der Waals surface area contributed by atoms with Gasteiger partial charge in [0, 0.05) is 0 Å². The van der Waals surface area contributed by atoms with Gasteiger partial charge in [-0.1, -0.05) is 27.2 Å². The van der Waals surface area contributed by atoms with Gasteiger partial charge in [-0.25, -0.2) is 0 Å². The van der Waals surface area contributed by atoms with Crippen molar-refractivity contribution in [3.63, 3.8) is 0 Å². The lowest BCUT2D eigenvalue weighted by Crippen LogP contribution is -2.40. The number of hydrogen-bond acceptors (Lipinski definition) is 2. The summed E-state index contributed by atoms with van der Waals surface area (Å²) in [6.07, 6.45) is 4.02. The van der Waals surface area contributed by atoms with Crippen LogP contribution in [0.4, 0.5) is 0 Å². The van der Waals surface area contributed by atoms with Crippen molar-refractivity contribution in [3.8, 4) is 0 Å². The highest BCUT2D eigenvalue weighted by Gasteiger charge is 2.32. The maximum atomic E-state index is 11.3. The van der Waals surface area contributed by atoms with E-state index < -0.39 is 0 Å². The molecule has 0 aromatic rings. The van der Waals surface area contributed by atoms with E-state index in [1.165, 1.54) is 12.8 Å². The van der Waals surface area contributed by atoms with Gasteiger partial charge in [0.2, 0.25) is 5.91 Å². The lowest BCUT2D eigenvalue weighted by atomic mass is 10.0. The smallest absolute Gasteiger partial charge is 0.233 e. The van der Waals surface area contributed by atoms with Crippen LogP contribution in [0.25, 0.3) is 0 Å². The quantitative estimate of drug-likeness (QED) is 0.646. The Morgan fingerprint density at radius 3 is 2.15 bits per heavy atom. The molecule has 0 radical (unpaired) electrons. The first kappa shape index (κ1) is 12.8. The molecule has 0 aliphatic rings. The molecule has 0 spiro atoms. The summed E-state index contributed by atoms with van der Waals surface area (Å²) < 4.78 is -0.310. The van der Waals surface area contributed by atoms with Crippen LogP contribution in [0.3, 0.4) is 0 Å². The normalized spacial score (nSPS) is 11.6. The van der Waals surface area contributed by atoms with E-state index >= 15 is 0 Å². The fourth-order valence-corrected chi connectivity index (χ4v) is 2.66. The van der Waals surface area contributed by atoms with Gasteiger partial charge in [0.15, 0.2) is 0 Å². The predicted octanol–water partition coefficient (Wildman–Crippen LogP) is 2.56. The lowest BCUT2D eigenvalue weighted by molar-refractivity contribution is -0.120. The molecule has 13 heavy (non-hydrogen) atoms. The number of carbonyl (C=O) groups excluding carboxylic acids is 1. The maximum absolute atomic E-state index is 11.3. The Labute approximate surface area is 85.6 Å². The summed E-state index contributed by atoms with van der Waals surface area (Å²) >= 11 is 1.73. The van der Waals surface area contributed by atoms with Crippen LogP contribution in [0.1, 0.15) is 46.5 Å². The first-order chi connectivity index (χ1) is 6.13. The Morgan fingerprint density at radius 2 is 1.85 bits per heavy atom. The van der Waals surface area contributed by atoms with Gasteiger partial charge in [-0.3, -0.25) is 4.79 Å². The van der Waals surface area contributed by atoms with E-state index in [0.29, 0.717) is 0 Å². The van der Waals surface area contributed by atoms with Gasteiger partial charge in [0.05, 0.1) is 4.75 Å². The lowest BCUT2D eigenvalue weighted by Gasteiger charge is -2.27. The highest BCUT2D eigenvalue weighted by Crippen LogP contribution is 2.32. The standard InChI is InChI=1S/C10H21NOS/c1-4-7-8-13-10(5-2,6-3)9(11)12/h4-8H2,1-3H3,(H2,11,12). The molecule has 0 fully saturated rings. The summed E-state index contributed by atoms with van der Waals surface area (Å²) in [4.78, 5) is 11.3. The van der Waals surface area contributed by atoms with Gasteiger partial charge in [-0.2, -0.15) is 0 Å². The number of hydrogen-bond donors (Lipinski definition) is 1. The van der Waals surface area contributed by atoms with Gasteiger partial charge >= 0.3 is 0 Å². The van der Waals surface area contributed by atoms with Crippen LogP contribution < -0.4 is 5.73 Å². The Balaban J connectivity index is 4.14. The van der Waals surface area contributed by atoms with Gasteiger partial charge in [-0.15, -0.1) is 11.8 Å². The largest absolute Gasteiger partial charge is 0.368 e. The highest BCUT2D eigenvalue weighted by molar-refractivity contribution is 8.01. The van der Waals surface area contributed by atoms with E-state index in [-0.39, 0.29) is 10.7 Å². The Morgan fingerprint density at radius 1 is 1.31 bits per heavy atom. The van der Waals surface area contributed by atoms with Crippen LogP contribution in [0, 0.1) is 0 Å². The summed E-state index contributed by atoms with van der Waals surface area (Å²) in [5, 5.41) is 0. The van der Waals surface area contributed by atoms with Crippen molar-refractivity contribution in [2.75, 3.05) is 5.75 Å². The molecule has 0 unspecified atom stereocenters. The van der Waals surface area contributed by atoms with Crippen LogP contribution in [-0.2, 0) is 4.79 Å². The van der Waals surface area contributed by atoms with Gasteiger partial charge in [-0.05, 0) is 25.0 Å². The molecular formula is C10H21NOS. The molecule has 0 atom stereocenters. The second kappa shape index (κ2) is 6.30. The van der Waals surface area contributed by atoms with Crippen LogP contribution in [0.15, 0.2) is 0 Å². The van der Waals surface area contributed by atoms with Crippen molar-refractivity contribution in [1.29, 1.82) is 0 Å². The second-order valence-electron chi connectivity index (χ2n) is 3.27. The minimum Gasteiger partial charge on any atom is -0.368 e. The Kier molecular flexibility index (Phi) is 6.21. The van der Waals surface area contributed by atoms with Crippen molar-refractivity contribution in [2.45, 2.75) is 51.2 Å². The number of primary amides is 1. The minimum absolute atomic E-state index is 0.154. The first-order valence-electron chi connectivity index (χ1n) is 5.06. The number of unbranched alkanes of at least 4 members (excludes halogenated alkanes) is 1. The zero-order valence-corrected chi connectivity index (χ0v) is 9.75. The molecule has 0 heterocycles. The van der Waals surface area contributed by atoms with Crippen molar-refractivity contribution in [3.05, 3.63) is 0 Å². The molecule has 0 saturated heterocycles. The van der Waals surface area contributed by atoms with E-state index in [1.54, 1.807) is 11.8 Å². The van der Waals surface area contributed by atoms with Crippen molar-refractivity contribution >= 4 is 17.7 Å². The molecule has 0 aromatic heterocycles. The molecule has 2 nitrogen and oxygen atoms in total. The Hall–Kier alpha value is -0.180. The molecule has 0 saturated carbocycles. The monoisotopic (exact) mass is 203 g/mol. The molecular weight excluding hydrogens is 182 g/mol. The van der Waals surface area contributed by atoms with E-state index in [9.17, 15) is 4.79 Å². The van der Waals surface area contributed by atoms with Crippen molar-refractivity contribution < 1.29 is 4.79 Å². The topological polar surface area (TPSA) is 43.1 Å². The first-order valence-corrected chi connectivity index (χ1v) is 6.05. The molecule has 1 amide bonds. The van der Waals surface area contributed by atoms with Crippen LogP contribution in [0.5, 0.6) is 0 Å². The summed E-state index contributed by atoms with van der Waals surface area (Å²) in [5.41, 5.74) is 5.42. The van der Waals surface area contributed by atoms with E-state index in [0.717, 1.165) is 18.6 Å². The third-order valence-electron chi connectivity index (χ3n) is 2.47. The van der Waals surface area contributed by atoms with E-state index in [1.807, 2.05) is 13.8 Å². The zero-order valence-electron chi connectivity index (χ0n) is 8.93. The predicted molar refractivity (Wildman–Crippen MR) is 59.9 cm³/mol. The molecule has 0 aliphatic carbocycles. The van der Waals surface area contributed by atoms with Crippen molar-refractivity contribution in [2.24, 2.45) is 5.73 Å². The van der Waals surface area contributed by atoms with E-state index in [2.05, 4.69) is 6.92 Å². The molecule has 0 bridgehead atoms. The average Bonchev–Trinajstić information content (AvgIpc) is 2.13. The fourth-order valence-electron chi connectivity index (χ4n) is 1.29. The van der Waals surface area contributed by atoms with Gasteiger partial charge in [0.25, 0.3) is 0 Å². The SMILES string of the molecule is CCCCSC(CC)(CC)C(N)=O. The van der Waals surface area contributed by atoms with Crippen LogP contribution in [-0.4, -0.2) is 16.4 Å². The number of thioether (sulfide) groups is 1. The molecule has 0 rings (SSSR count). The average molecular weight is 203 g/mol. The molecule has 3 heteroatoms. The van der Waals surface area contributed by atoms with Crippen LogP contribution in [0.2, 0.25) is 0 Å². The number of carbonyl (C=O) groups is 1. The Bertz CT molecular complexity index is 155. The number of nitrogens with two attached hydrogens (primary N) is 1. The summed E-state index contributed by atoms with van der Waals surface area (Å²) in [6, 6.07) is 0. The summed E-state index contributed by atoms with van der Waals surface area (Å²) in [6.45, 7) is 6.23. The van der Waals surface area contributed by atoms with Crippen LogP contribution >= 0.6 is 11.8 Å². The van der Waals surface area contributed by atoms with Gasteiger partial charge in [0.1, 0.15) is 0 Å². The van der Waals surface area contributed by atoms with Crippen molar-refractivity contribution in [1.82, 2.24) is 0 Å². The number of rotatable bonds is 7. The van der Waals surface area contributed by atoms with E-state index in [4.69, 9.17) is 5.73 Å². The zero-order chi connectivity index (χ0) is 10.3. The summed E-state index contributed by atoms with van der Waals surface area (Å²) in [7, 11) is 0. The molecule has 2 N–H and O–H groups in total. The fraction of sp³-hybridized carbons (Fsp3) is 0.900. The number of amides is 1. The molecule has 78 valence electrons. The second-order valence-corrected chi connectivity index (χ2v) is 4.75. The third kappa shape index (κ3) is 3.59. The maximum Gasteiger partial charge on any atom is 0.233 e. The minimum atomic E-state index is -0.310. The third-order valence-corrected chi connectivity index (χ3v) is 4.29.